The van der Waals surface area contributed by atoms with Crippen LogP contribution >= 0.6 is 0 Å². The van der Waals surface area contributed by atoms with Gasteiger partial charge in [-0.05, 0) is 36.2 Å². The van der Waals surface area contributed by atoms with E-state index in [0.29, 0.717) is 29.5 Å². The van der Waals surface area contributed by atoms with Crippen molar-refractivity contribution in [3.63, 3.8) is 0 Å². The number of carbonyl (C=O) groups excluding carboxylic acids is 1. The predicted octanol–water partition coefficient (Wildman–Crippen LogP) is 3.34. The molecule has 1 aliphatic rings. The maximum Gasteiger partial charge on any atom is 0.257 e. The molecule has 1 fully saturated rings. The molecule has 25 heavy (non-hydrogen) atoms. The number of rotatable bonds is 5. The van der Waals surface area contributed by atoms with Crippen molar-refractivity contribution in [1.82, 2.24) is 4.90 Å². The minimum Gasteiger partial charge on any atom is -0.497 e. The van der Waals surface area contributed by atoms with Gasteiger partial charge in [0.1, 0.15) is 17.2 Å². The molecule has 0 aromatic heterocycles. The first-order valence-corrected chi connectivity index (χ1v) is 8.31. The molecular weight excluding hydrogens is 318 g/mol. The van der Waals surface area contributed by atoms with Gasteiger partial charge in [-0.2, -0.15) is 0 Å². The van der Waals surface area contributed by atoms with E-state index >= 15 is 0 Å². The van der Waals surface area contributed by atoms with Crippen LogP contribution in [0.15, 0.2) is 42.5 Å². The van der Waals surface area contributed by atoms with E-state index in [0.717, 1.165) is 18.7 Å². The Labute approximate surface area is 148 Å². The number of carbonyl (C=O) groups is 1. The van der Waals surface area contributed by atoms with Crippen LogP contribution in [0.1, 0.15) is 28.3 Å². The third-order valence-electron chi connectivity index (χ3n) is 4.70. The molecule has 2 aromatic rings. The number of hydrogen-bond donors (Lipinski definition) is 0. The van der Waals surface area contributed by atoms with Gasteiger partial charge in [0.25, 0.3) is 5.91 Å². The molecule has 5 heteroatoms. The topological polar surface area (TPSA) is 48.0 Å². The summed E-state index contributed by atoms with van der Waals surface area (Å²) < 4.78 is 15.8. The summed E-state index contributed by atoms with van der Waals surface area (Å²) in [5.41, 5.74) is 1.80. The van der Waals surface area contributed by atoms with Crippen LogP contribution in [0.2, 0.25) is 0 Å². The van der Waals surface area contributed by atoms with E-state index in [9.17, 15) is 4.79 Å². The molecule has 1 atom stereocenters. The van der Waals surface area contributed by atoms with Gasteiger partial charge in [0.05, 0.1) is 26.9 Å². The average molecular weight is 341 g/mol. The molecule has 1 saturated heterocycles. The number of ether oxygens (including phenoxy) is 3. The van der Waals surface area contributed by atoms with Gasteiger partial charge in [-0.3, -0.25) is 4.79 Å². The molecule has 0 saturated carbocycles. The molecule has 0 unspecified atom stereocenters. The lowest BCUT2D eigenvalue weighted by atomic mass is 9.98. The molecule has 5 nitrogen and oxygen atoms in total. The van der Waals surface area contributed by atoms with E-state index in [-0.39, 0.29) is 5.91 Å². The van der Waals surface area contributed by atoms with E-state index in [1.807, 2.05) is 17.0 Å². The minimum atomic E-state index is -0.00415. The molecule has 1 amide bonds. The van der Waals surface area contributed by atoms with E-state index in [1.165, 1.54) is 5.56 Å². The lowest BCUT2D eigenvalue weighted by Gasteiger charge is -2.19. The highest BCUT2D eigenvalue weighted by molar-refractivity contribution is 5.97. The maximum atomic E-state index is 12.9. The molecule has 0 spiro atoms. The van der Waals surface area contributed by atoms with Gasteiger partial charge in [-0.25, -0.2) is 0 Å². The van der Waals surface area contributed by atoms with Crippen LogP contribution in [0.3, 0.4) is 0 Å². The summed E-state index contributed by atoms with van der Waals surface area (Å²) in [5.74, 6) is 2.40. The van der Waals surface area contributed by atoms with Gasteiger partial charge in [0.15, 0.2) is 0 Å². The minimum absolute atomic E-state index is 0.00415. The van der Waals surface area contributed by atoms with Crippen molar-refractivity contribution in [3.05, 3.63) is 53.6 Å². The maximum absolute atomic E-state index is 12.9. The van der Waals surface area contributed by atoms with Crippen molar-refractivity contribution in [1.29, 1.82) is 0 Å². The first-order chi connectivity index (χ1) is 12.2. The number of hydrogen-bond acceptors (Lipinski definition) is 4. The van der Waals surface area contributed by atoms with E-state index in [4.69, 9.17) is 14.2 Å². The van der Waals surface area contributed by atoms with E-state index in [1.54, 1.807) is 39.5 Å². The fourth-order valence-electron chi connectivity index (χ4n) is 3.24. The molecule has 1 aliphatic heterocycles. The molecule has 1 heterocycles. The molecule has 3 rings (SSSR count). The van der Waals surface area contributed by atoms with Crippen LogP contribution in [-0.4, -0.2) is 45.2 Å². The molecular formula is C20H23NO4. The SMILES string of the molecule is COc1ccc([C@H]2CCN(C(=O)c3ccc(OC)cc3OC)C2)cc1. The summed E-state index contributed by atoms with van der Waals surface area (Å²) in [4.78, 5) is 14.8. The van der Waals surface area contributed by atoms with Crippen LogP contribution in [0.5, 0.6) is 17.2 Å². The van der Waals surface area contributed by atoms with Crippen molar-refractivity contribution in [2.24, 2.45) is 0 Å². The number of benzene rings is 2. The Morgan fingerprint density at radius 1 is 0.960 bits per heavy atom. The Hall–Kier alpha value is -2.69. The summed E-state index contributed by atoms with van der Waals surface area (Å²) in [6.07, 6.45) is 0.955. The summed E-state index contributed by atoms with van der Waals surface area (Å²) >= 11 is 0. The number of methoxy groups -OCH3 is 3. The zero-order valence-corrected chi connectivity index (χ0v) is 14.8. The van der Waals surface area contributed by atoms with Gasteiger partial charge in [0, 0.05) is 25.1 Å². The third kappa shape index (κ3) is 3.55. The second-order valence-corrected chi connectivity index (χ2v) is 6.08. The van der Waals surface area contributed by atoms with Gasteiger partial charge in [-0.15, -0.1) is 0 Å². The third-order valence-corrected chi connectivity index (χ3v) is 4.70. The number of amides is 1. The fraction of sp³-hybridized carbons (Fsp3) is 0.350. The zero-order valence-electron chi connectivity index (χ0n) is 14.8. The highest BCUT2D eigenvalue weighted by atomic mass is 16.5. The van der Waals surface area contributed by atoms with Crippen LogP contribution < -0.4 is 14.2 Å². The predicted molar refractivity (Wildman–Crippen MR) is 95.8 cm³/mol. The first-order valence-electron chi connectivity index (χ1n) is 8.31. The van der Waals surface area contributed by atoms with E-state index < -0.39 is 0 Å². The largest absolute Gasteiger partial charge is 0.497 e. The number of likely N-dealkylation sites (tertiary alicyclic amines) is 1. The van der Waals surface area contributed by atoms with Gasteiger partial charge in [-0.1, -0.05) is 12.1 Å². The van der Waals surface area contributed by atoms with Crippen molar-refractivity contribution in [2.75, 3.05) is 34.4 Å². The summed E-state index contributed by atoms with van der Waals surface area (Å²) in [6, 6.07) is 13.4. The fourth-order valence-corrected chi connectivity index (χ4v) is 3.24. The van der Waals surface area contributed by atoms with Gasteiger partial charge in [0.2, 0.25) is 0 Å². The standard InChI is InChI=1S/C20H23NO4/c1-23-16-6-4-14(5-7-16)15-10-11-21(13-15)20(22)18-9-8-17(24-2)12-19(18)25-3/h4-9,12,15H,10-11,13H2,1-3H3/t15-/m0/s1. The highest BCUT2D eigenvalue weighted by Gasteiger charge is 2.29. The first kappa shape index (κ1) is 17.1. The Kier molecular flexibility index (Phi) is 5.12. The molecule has 0 N–H and O–H groups in total. The lowest BCUT2D eigenvalue weighted by molar-refractivity contribution is 0.0787. The Morgan fingerprint density at radius 2 is 1.64 bits per heavy atom. The monoisotopic (exact) mass is 341 g/mol. The Balaban J connectivity index is 1.74. The van der Waals surface area contributed by atoms with Crippen molar-refractivity contribution >= 4 is 5.91 Å². The molecule has 0 radical (unpaired) electrons. The Morgan fingerprint density at radius 3 is 2.28 bits per heavy atom. The molecule has 132 valence electrons. The highest BCUT2D eigenvalue weighted by Crippen LogP contribution is 2.31. The second-order valence-electron chi connectivity index (χ2n) is 6.08. The lowest BCUT2D eigenvalue weighted by Crippen LogP contribution is -2.28. The van der Waals surface area contributed by atoms with Crippen LogP contribution in [0, 0.1) is 0 Å². The van der Waals surface area contributed by atoms with Gasteiger partial charge >= 0.3 is 0 Å². The summed E-state index contributed by atoms with van der Waals surface area (Å²) in [5, 5.41) is 0. The van der Waals surface area contributed by atoms with Crippen LogP contribution in [0.25, 0.3) is 0 Å². The van der Waals surface area contributed by atoms with Crippen LogP contribution in [0.4, 0.5) is 0 Å². The summed E-state index contributed by atoms with van der Waals surface area (Å²) in [7, 11) is 4.82. The quantitative estimate of drug-likeness (QED) is 0.837. The van der Waals surface area contributed by atoms with Crippen molar-refractivity contribution in [3.8, 4) is 17.2 Å². The average Bonchev–Trinajstić information content (AvgIpc) is 3.17. The smallest absolute Gasteiger partial charge is 0.257 e. The number of nitrogens with zero attached hydrogens (tertiary/aromatic N) is 1. The molecule has 0 aliphatic carbocycles. The van der Waals surface area contributed by atoms with Gasteiger partial charge < -0.3 is 19.1 Å². The second kappa shape index (κ2) is 7.47. The van der Waals surface area contributed by atoms with Crippen molar-refractivity contribution in [2.45, 2.75) is 12.3 Å². The molecule has 0 bridgehead atoms. The Bertz CT molecular complexity index is 742. The van der Waals surface area contributed by atoms with E-state index in [2.05, 4.69) is 12.1 Å². The zero-order chi connectivity index (χ0) is 17.8. The van der Waals surface area contributed by atoms with Crippen LogP contribution in [-0.2, 0) is 0 Å². The molecule has 2 aromatic carbocycles. The van der Waals surface area contributed by atoms with Crippen molar-refractivity contribution < 1.29 is 19.0 Å². The summed E-state index contributed by atoms with van der Waals surface area (Å²) in [6.45, 7) is 1.45. The normalized spacial score (nSPS) is 16.6.